The highest BCUT2D eigenvalue weighted by Gasteiger charge is 2.32. The van der Waals surface area contributed by atoms with Crippen molar-refractivity contribution in [1.82, 2.24) is 19.4 Å². The van der Waals surface area contributed by atoms with E-state index >= 15 is 0 Å². The zero-order valence-corrected chi connectivity index (χ0v) is 17.3. The predicted octanol–water partition coefficient (Wildman–Crippen LogP) is 4.22. The zero-order valence-electron chi connectivity index (χ0n) is 17.3. The van der Waals surface area contributed by atoms with Crippen LogP contribution in [0.4, 0.5) is 13.2 Å². The van der Waals surface area contributed by atoms with Crippen LogP contribution in [0.25, 0.3) is 22.8 Å². The summed E-state index contributed by atoms with van der Waals surface area (Å²) < 4.78 is 42.1. The molecule has 1 unspecified atom stereocenters. The number of carbonyl (C=O) groups excluding carboxylic acids is 1. The molecular formula is C23H23F3N4O. The van der Waals surface area contributed by atoms with Gasteiger partial charge in [0.05, 0.1) is 16.6 Å². The number of fused-ring (bicyclic) bond motifs is 1. The maximum atomic E-state index is 13.5. The highest BCUT2D eigenvalue weighted by Crippen LogP contribution is 2.34. The SMILES string of the molecule is CN1CCC(N(C)C(=O)C=Cc2cc(C(F)(F)F)cc3ncn(-c4ccccc4)c23)C1. The van der Waals surface area contributed by atoms with Crippen LogP contribution in [0.2, 0.25) is 0 Å². The number of likely N-dealkylation sites (tertiary alicyclic amines) is 1. The summed E-state index contributed by atoms with van der Waals surface area (Å²) in [6, 6.07) is 11.4. The maximum Gasteiger partial charge on any atom is 0.416 e. The molecule has 8 heteroatoms. The number of rotatable bonds is 4. The van der Waals surface area contributed by atoms with Crippen molar-refractivity contribution in [2.45, 2.75) is 18.6 Å². The van der Waals surface area contributed by atoms with Gasteiger partial charge < -0.3 is 9.80 Å². The largest absolute Gasteiger partial charge is 0.416 e. The van der Waals surface area contributed by atoms with Crippen LogP contribution in [0.5, 0.6) is 0 Å². The lowest BCUT2D eigenvalue weighted by Gasteiger charge is -2.23. The number of benzene rings is 2. The van der Waals surface area contributed by atoms with Crippen molar-refractivity contribution in [3.05, 3.63) is 66.0 Å². The predicted molar refractivity (Wildman–Crippen MR) is 114 cm³/mol. The van der Waals surface area contributed by atoms with E-state index in [9.17, 15) is 18.0 Å². The van der Waals surface area contributed by atoms with E-state index in [1.54, 1.807) is 16.5 Å². The molecule has 162 valence electrons. The highest BCUT2D eigenvalue weighted by atomic mass is 19.4. The summed E-state index contributed by atoms with van der Waals surface area (Å²) in [7, 11) is 3.73. The van der Waals surface area contributed by atoms with Gasteiger partial charge in [-0.2, -0.15) is 13.2 Å². The molecule has 2 aromatic carbocycles. The third-order valence-electron chi connectivity index (χ3n) is 5.70. The van der Waals surface area contributed by atoms with Crippen LogP contribution in [-0.2, 0) is 11.0 Å². The molecule has 1 fully saturated rings. The first kappa shape index (κ1) is 21.1. The van der Waals surface area contributed by atoms with Gasteiger partial charge in [0.25, 0.3) is 0 Å². The van der Waals surface area contributed by atoms with Gasteiger partial charge in [-0.25, -0.2) is 4.98 Å². The minimum absolute atomic E-state index is 0.0959. The first-order valence-electron chi connectivity index (χ1n) is 10.0. The van der Waals surface area contributed by atoms with Crippen LogP contribution < -0.4 is 0 Å². The second-order valence-corrected chi connectivity index (χ2v) is 7.87. The monoisotopic (exact) mass is 428 g/mol. The third-order valence-corrected chi connectivity index (χ3v) is 5.70. The number of halogens is 3. The number of hydrogen-bond donors (Lipinski definition) is 0. The van der Waals surface area contributed by atoms with E-state index < -0.39 is 11.7 Å². The number of nitrogens with zero attached hydrogens (tertiary/aromatic N) is 4. The molecule has 31 heavy (non-hydrogen) atoms. The maximum absolute atomic E-state index is 13.5. The summed E-state index contributed by atoms with van der Waals surface area (Å²) in [6.45, 7) is 1.70. The Bertz CT molecular complexity index is 1120. The van der Waals surface area contributed by atoms with Gasteiger partial charge in [-0.3, -0.25) is 9.36 Å². The first-order chi connectivity index (χ1) is 14.7. The molecular weight excluding hydrogens is 405 g/mol. The minimum Gasteiger partial charge on any atom is -0.338 e. The molecule has 0 spiro atoms. The fourth-order valence-corrected chi connectivity index (χ4v) is 3.94. The number of para-hydroxylation sites is 1. The lowest BCUT2D eigenvalue weighted by atomic mass is 10.1. The molecule has 1 amide bonds. The summed E-state index contributed by atoms with van der Waals surface area (Å²) in [5, 5.41) is 0. The van der Waals surface area contributed by atoms with E-state index in [-0.39, 0.29) is 23.0 Å². The number of aromatic nitrogens is 2. The highest BCUT2D eigenvalue weighted by molar-refractivity contribution is 5.95. The Labute approximate surface area is 178 Å². The number of hydrogen-bond acceptors (Lipinski definition) is 3. The number of carbonyl (C=O) groups is 1. The van der Waals surface area contributed by atoms with E-state index in [1.807, 2.05) is 37.4 Å². The summed E-state index contributed by atoms with van der Waals surface area (Å²) in [4.78, 5) is 20.7. The summed E-state index contributed by atoms with van der Waals surface area (Å²) in [6.07, 6.45) is 0.662. The van der Waals surface area contributed by atoms with E-state index in [4.69, 9.17) is 0 Å². The number of alkyl halides is 3. The van der Waals surface area contributed by atoms with Gasteiger partial charge in [0, 0.05) is 37.0 Å². The number of imidazole rings is 1. The van der Waals surface area contributed by atoms with Gasteiger partial charge in [-0.05, 0) is 50.4 Å². The molecule has 1 aliphatic rings. The second-order valence-electron chi connectivity index (χ2n) is 7.87. The normalized spacial score (nSPS) is 17.6. The van der Waals surface area contributed by atoms with Crippen molar-refractivity contribution in [2.24, 2.45) is 0 Å². The fraction of sp³-hybridized carbons (Fsp3) is 0.304. The van der Waals surface area contributed by atoms with Crippen LogP contribution in [-0.4, -0.2) is 58.5 Å². The number of amides is 1. The quantitative estimate of drug-likeness (QED) is 0.585. The van der Waals surface area contributed by atoms with E-state index in [0.29, 0.717) is 5.52 Å². The molecule has 3 aromatic rings. The molecule has 5 nitrogen and oxygen atoms in total. The van der Waals surface area contributed by atoms with Gasteiger partial charge in [-0.1, -0.05) is 18.2 Å². The fourth-order valence-electron chi connectivity index (χ4n) is 3.94. The average molecular weight is 428 g/mol. The van der Waals surface area contributed by atoms with E-state index in [2.05, 4.69) is 9.88 Å². The molecule has 2 heterocycles. The molecule has 0 N–H and O–H groups in total. The Balaban J connectivity index is 1.75. The van der Waals surface area contributed by atoms with Crippen molar-refractivity contribution in [1.29, 1.82) is 0 Å². The Morgan fingerprint density at radius 3 is 2.61 bits per heavy atom. The van der Waals surface area contributed by atoms with E-state index in [0.717, 1.165) is 37.3 Å². The summed E-state index contributed by atoms with van der Waals surface area (Å²) in [5.41, 5.74) is 1.01. The van der Waals surface area contributed by atoms with Gasteiger partial charge >= 0.3 is 6.18 Å². The molecule has 1 saturated heterocycles. The first-order valence-corrected chi connectivity index (χ1v) is 10.0. The smallest absolute Gasteiger partial charge is 0.338 e. The topological polar surface area (TPSA) is 41.4 Å². The van der Waals surface area contributed by atoms with Gasteiger partial charge in [0.1, 0.15) is 6.33 Å². The van der Waals surface area contributed by atoms with Crippen LogP contribution >= 0.6 is 0 Å². The van der Waals surface area contributed by atoms with Crippen LogP contribution in [0, 0.1) is 0 Å². The summed E-state index contributed by atoms with van der Waals surface area (Å²) >= 11 is 0. The molecule has 1 atom stereocenters. The van der Waals surface area contributed by atoms with Crippen LogP contribution in [0.3, 0.4) is 0 Å². The molecule has 1 aromatic heterocycles. The second kappa shape index (κ2) is 8.19. The Morgan fingerprint density at radius 2 is 1.97 bits per heavy atom. The molecule has 0 saturated carbocycles. The molecule has 0 radical (unpaired) electrons. The van der Waals surface area contributed by atoms with Crippen LogP contribution in [0.1, 0.15) is 17.5 Å². The van der Waals surface area contributed by atoms with Crippen molar-refractivity contribution in [2.75, 3.05) is 27.2 Å². The van der Waals surface area contributed by atoms with Crippen molar-refractivity contribution in [3.8, 4) is 5.69 Å². The minimum atomic E-state index is -4.51. The van der Waals surface area contributed by atoms with Crippen molar-refractivity contribution < 1.29 is 18.0 Å². The average Bonchev–Trinajstić information content (AvgIpc) is 3.37. The van der Waals surface area contributed by atoms with Crippen LogP contribution in [0.15, 0.2) is 54.9 Å². The van der Waals surface area contributed by atoms with Gasteiger partial charge in [-0.15, -0.1) is 0 Å². The van der Waals surface area contributed by atoms with Crippen molar-refractivity contribution in [3.63, 3.8) is 0 Å². The Hall–Kier alpha value is -3.13. The molecule has 0 bridgehead atoms. The lowest BCUT2D eigenvalue weighted by molar-refractivity contribution is -0.137. The van der Waals surface area contributed by atoms with Gasteiger partial charge in [0.2, 0.25) is 5.91 Å². The zero-order chi connectivity index (χ0) is 22.2. The number of likely N-dealkylation sites (N-methyl/N-ethyl adjacent to an activating group) is 2. The Kier molecular flexibility index (Phi) is 5.58. The standard InChI is InChI=1S/C23H23F3N4O/c1-28-11-10-19(14-28)29(2)21(31)9-8-16-12-17(23(24,25)26)13-20-22(16)30(15-27-20)18-6-4-3-5-7-18/h3-9,12-13,15,19H,10-11,14H2,1-2H3. The molecule has 4 rings (SSSR count). The Morgan fingerprint density at radius 1 is 1.23 bits per heavy atom. The summed E-state index contributed by atoms with van der Waals surface area (Å²) in [5.74, 6) is -0.239. The lowest BCUT2D eigenvalue weighted by Crippen LogP contribution is -2.37. The molecule has 1 aliphatic heterocycles. The molecule has 0 aliphatic carbocycles. The van der Waals surface area contributed by atoms with Gasteiger partial charge in [0.15, 0.2) is 0 Å². The van der Waals surface area contributed by atoms with E-state index in [1.165, 1.54) is 18.5 Å². The third kappa shape index (κ3) is 4.34. The van der Waals surface area contributed by atoms with Crippen molar-refractivity contribution >= 4 is 23.0 Å².